The van der Waals surface area contributed by atoms with Crippen LogP contribution in [0.25, 0.3) is 0 Å². The largest absolute Gasteiger partial charge is 0.329 e. The van der Waals surface area contributed by atoms with Crippen LogP contribution in [-0.4, -0.2) is 38.3 Å². The summed E-state index contributed by atoms with van der Waals surface area (Å²) in [5.41, 5.74) is 6.36. The Hall–Kier alpha value is -0.940. The summed E-state index contributed by atoms with van der Waals surface area (Å²) < 4.78 is 1.99. The highest BCUT2D eigenvalue weighted by molar-refractivity contribution is 4.96. The summed E-state index contributed by atoms with van der Waals surface area (Å²) in [7, 11) is 0. The number of rotatable bonds is 6. The molecule has 0 saturated heterocycles. The molecule has 1 heterocycles. The molecule has 0 aromatic carbocycles. The minimum atomic E-state index is 0.162. The lowest BCUT2D eigenvalue weighted by atomic mass is 9.88. The molecule has 1 aromatic heterocycles. The SMILES string of the molecule is CCN(Cc1ncnn1CC)C1(CN)CCCCCC1. The predicted molar refractivity (Wildman–Crippen MR) is 81.3 cm³/mol. The molecule has 0 unspecified atom stereocenters. The van der Waals surface area contributed by atoms with Crippen LogP contribution in [0.1, 0.15) is 58.2 Å². The van der Waals surface area contributed by atoms with Gasteiger partial charge in [-0.05, 0) is 26.3 Å². The first kappa shape index (κ1) is 15.4. The number of aryl methyl sites for hydroxylation is 1. The van der Waals surface area contributed by atoms with Crippen LogP contribution >= 0.6 is 0 Å². The maximum atomic E-state index is 6.20. The first-order valence-electron chi connectivity index (χ1n) is 8.07. The Morgan fingerprint density at radius 2 is 1.95 bits per heavy atom. The Kier molecular flexibility index (Phi) is 5.54. The zero-order valence-electron chi connectivity index (χ0n) is 13.0. The predicted octanol–water partition coefficient (Wildman–Crippen LogP) is 2.17. The van der Waals surface area contributed by atoms with Gasteiger partial charge in [-0.25, -0.2) is 9.67 Å². The van der Waals surface area contributed by atoms with Crippen LogP contribution in [0, 0.1) is 0 Å². The standard InChI is InChI=1S/C15H29N5/c1-3-19(11-14-17-13-18-20(14)4-2)15(12-16)9-7-5-6-8-10-15/h13H,3-12,16H2,1-2H3. The molecular weight excluding hydrogens is 250 g/mol. The molecule has 114 valence electrons. The van der Waals surface area contributed by atoms with E-state index in [9.17, 15) is 0 Å². The summed E-state index contributed by atoms with van der Waals surface area (Å²) in [5, 5.41) is 4.28. The van der Waals surface area contributed by atoms with Gasteiger partial charge in [-0.2, -0.15) is 5.10 Å². The maximum Gasteiger partial charge on any atom is 0.141 e. The third-order valence-electron chi connectivity index (χ3n) is 4.79. The Balaban J connectivity index is 2.16. The van der Waals surface area contributed by atoms with Gasteiger partial charge in [0, 0.05) is 18.6 Å². The minimum absolute atomic E-state index is 0.162. The molecule has 0 aliphatic heterocycles. The van der Waals surface area contributed by atoms with Gasteiger partial charge in [0.1, 0.15) is 12.2 Å². The van der Waals surface area contributed by atoms with Crippen molar-refractivity contribution in [1.29, 1.82) is 0 Å². The van der Waals surface area contributed by atoms with Gasteiger partial charge in [-0.3, -0.25) is 4.90 Å². The van der Waals surface area contributed by atoms with Crippen molar-refractivity contribution in [2.75, 3.05) is 13.1 Å². The van der Waals surface area contributed by atoms with Crippen molar-refractivity contribution in [1.82, 2.24) is 19.7 Å². The quantitative estimate of drug-likeness (QED) is 0.811. The van der Waals surface area contributed by atoms with Gasteiger partial charge in [-0.1, -0.05) is 32.6 Å². The fraction of sp³-hybridized carbons (Fsp3) is 0.867. The number of nitrogens with zero attached hydrogens (tertiary/aromatic N) is 4. The molecule has 1 saturated carbocycles. The minimum Gasteiger partial charge on any atom is -0.329 e. The number of likely N-dealkylation sites (N-methyl/N-ethyl adjacent to an activating group) is 1. The number of nitrogens with two attached hydrogens (primary N) is 1. The summed E-state index contributed by atoms with van der Waals surface area (Å²) in [4.78, 5) is 6.96. The summed E-state index contributed by atoms with van der Waals surface area (Å²) in [5.74, 6) is 1.06. The van der Waals surface area contributed by atoms with Crippen molar-refractivity contribution in [3.63, 3.8) is 0 Å². The molecule has 20 heavy (non-hydrogen) atoms. The highest BCUT2D eigenvalue weighted by Gasteiger charge is 2.35. The van der Waals surface area contributed by atoms with E-state index in [0.717, 1.165) is 32.0 Å². The molecule has 1 aliphatic carbocycles. The van der Waals surface area contributed by atoms with Crippen molar-refractivity contribution >= 4 is 0 Å². The molecule has 0 bridgehead atoms. The van der Waals surface area contributed by atoms with E-state index < -0.39 is 0 Å². The smallest absolute Gasteiger partial charge is 0.141 e. The molecule has 0 radical (unpaired) electrons. The van der Waals surface area contributed by atoms with E-state index in [1.54, 1.807) is 6.33 Å². The van der Waals surface area contributed by atoms with Gasteiger partial charge >= 0.3 is 0 Å². The van der Waals surface area contributed by atoms with Gasteiger partial charge in [0.15, 0.2) is 0 Å². The van der Waals surface area contributed by atoms with Crippen LogP contribution in [-0.2, 0) is 13.1 Å². The molecule has 0 spiro atoms. The molecule has 1 fully saturated rings. The third kappa shape index (κ3) is 3.20. The molecule has 2 rings (SSSR count). The molecule has 5 nitrogen and oxygen atoms in total. The highest BCUT2D eigenvalue weighted by Crippen LogP contribution is 2.32. The van der Waals surface area contributed by atoms with E-state index in [2.05, 4.69) is 28.8 Å². The fourth-order valence-electron chi connectivity index (χ4n) is 3.50. The van der Waals surface area contributed by atoms with E-state index in [1.165, 1.54) is 38.5 Å². The zero-order chi connectivity index (χ0) is 14.4. The van der Waals surface area contributed by atoms with E-state index in [1.807, 2.05) is 4.68 Å². The topological polar surface area (TPSA) is 60.0 Å². The van der Waals surface area contributed by atoms with E-state index in [4.69, 9.17) is 5.73 Å². The fourth-order valence-corrected chi connectivity index (χ4v) is 3.50. The number of aromatic nitrogens is 3. The summed E-state index contributed by atoms with van der Waals surface area (Å²) in [6.07, 6.45) is 9.40. The second-order valence-corrected chi connectivity index (χ2v) is 5.85. The first-order valence-corrected chi connectivity index (χ1v) is 8.07. The van der Waals surface area contributed by atoms with Crippen molar-refractivity contribution in [2.24, 2.45) is 5.73 Å². The Labute approximate surface area is 122 Å². The van der Waals surface area contributed by atoms with E-state index >= 15 is 0 Å². The second kappa shape index (κ2) is 7.18. The number of hydrogen-bond donors (Lipinski definition) is 1. The van der Waals surface area contributed by atoms with Crippen molar-refractivity contribution < 1.29 is 0 Å². The lowest BCUT2D eigenvalue weighted by Gasteiger charge is -2.42. The average Bonchev–Trinajstić information content (AvgIpc) is 2.79. The lowest BCUT2D eigenvalue weighted by Crippen LogP contribution is -2.53. The zero-order valence-corrected chi connectivity index (χ0v) is 13.0. The Morgan fingerprint density at radius 1 is 1.25 bits per heavy atom. The maximum absolute atomic E-state index is 6.20. The molecule has 2 N–H and O–H groups in total. The Bertz CT molecular complexity index is 393. The lowest BCUT2D eigenvalue weighted by molar-refractivity contribution is 0.0715. The molecule has 1 aromatic rings. The first-order chi connectivity index (χ1) is 9.75. The molecule has 0 amide bonds. The normalized spacial score (nSPS) is 19.2. The summed E-state index contributed by atoms with van der Waals surface area (Å²) in [6.45, 7) is 7.85. The van der Waals surface area contributed by atoms with Crippen molar-refractivity contribution in [3.8, 4) is 0 Å². The van der Waals surface area contributed by atoms with Crippen LogP contribution in [0.5, 0.6) is 0 Å². The second-order valence-electron chi connectivity index (χ2n) is 5.85. The monoisotopic (exact) mass is 279 g/mol. The highest BCUT2D eigenvalue weighted by atomic mass is 15.4. The van der Waals surface area contributed by atoms with Crippen LogP contribution in [0.4, 0.5) is 0 Å². The molecule has 1 aliphatic rings. The van der Waals surface area contributed by atoms with E-state index in [-0.39, 0.29) is 5.54 Å². The van der Waals surface area contributed by atoms with Gasteiger partial charge < -0.3 is 5.73 Å². The third-order valence-corrected chi connectivity index (χ3v) is 4.79. The number of hydrogen-bond acceptors (Lipinski definition) is 4. The van der Waals surface area contributed by atoms with E-state index in [0.29, 0.717) is 0 Å². The summed E-state index contributed by atoms with van der Waals surface area (Å²) in [6, 6.07) is 0. The molecular formula is C15H29N5. The molecule has 5 heteroatoms. The van der Waals surface area contributed by atoms with Crippen LogP contribution in [0.15, 0.2) is 6.33 Å². The van der Waals surface area contributed by atoms with Crippen molar-refractivity contribution in [2.45, 2.75) is 71.0 Å². The van der Waals surface area contributed by atoms with Gasteiger partial charge in [0.05, 0.1) is 6.54 Å². The molecule has 0 atom stereocenters. The van der Waals surface area contributed by atoms with Crippen molar-refractivity contribution in [3.05, 3.63) is 12.2 Å². The van der Waals surface area contributed by atoms with Gasteiger partial charge in [0.25, 0.3) is 0 Å². The summed E-state index contributed by atoms with van der Waals surface area (Å²) >= 11 is 0. The van der Waals surface area contributed by atoms with Gasteiger partial charge in [-0.15, -0.1) is 0 Å². The van der Waals surface area contributed by atoms with Crippen LogP contribution < -0.4 is 5.73 Å². The van der Waals surface area contributed by atoms with Crippen LogP contribution in [0.2, 0.25) is 0 Å². The average molecular weight is 279 g/mol. The van der Waals surface area contributed by atoms with Crippen LogP contribution in [0.3, 0.4) is 0 Å². The van der Waals surface area contributed by atoms with Gasteiger partial charge in [0.2, 0.25) is 0 Å². The Morgan fingerprint density at radius 3 is 2.50 bits per heavy atom.